The molecule has 0 aromatic carbocycles. The number of carbonyl (C=O) groups is 1. The van der Waals surface area contributed by atoms with Crippen LogP contribution in [-0.2, 0) is 4.79 Å². The fourth-order valence-electron chi connectivity index (χ4n) is 1.12. The van der Waals surface area contributed by atoms with Gasteiger partial charge < -0.3 is 5.32 Å². The Balaban J connectivity index is 0. The molecule has 0 bridgehead atoms. The molecule has 2 heteroatoms. The van der Waals surface area contributed by atoms with Crippen LogP contribution >= 0.6 is 0 Å². The van der Waals surface area contributed by atoms with Crippen LogP contribution in [0.3, 0.4) is 0 Å². The number of rotatable bonds is 6. The van der Waals surface area contributed by atoms with Crippen LogP contribution in [0.15, 0.2) is 0 Å². The standard InChI is InChI=1S/C9H19NO.H2/c1-4-6-7-8(10-3)9(11)5-2;/h8,10H,4-7H2,1-3H3;1H/t8-;/m1./s1. The second kappa shape index (κ2) is 6.35. The molecule has 0 amide bonds. The van der Waals surface area contributed by atoms with Crippen molar-refractivity contribution in [3.05, 3.63) is 0 Å². The summed E-state index contributed by atoms with van der Waals surface area (Å²) < 4.78 is 0. The Morgan fingerprint density at radius 3 is 2.55 bits per heavy atom. The number of nitrogens with one attached hydrogen (secondary N) is 1. The van der Waals surface area contributed by atoms with E-state index in [0.717, 1.165) is 19.3 Å². The van der Waals surface area contributed by atoms with Gasteiger partial charge in [-0.3, -0.25) is 4.79 Å². The smallest absolute Gasteiger partial charge is 0.149 e. The first kappa shape index (κ1) is 10.6. The molecule has 2 nitrogen and oxygen atoms in total. The lowest BCUT2D eigenvalue weighted by Crippen LogP contribution is -2.33. The minimum Gasteiger partial charge on any atom is -0.311 e. The van der Waals surface area contributed by atoms with E-state index in [1.54, 1.807) is 0 Å². The molecule has 0 aromatic heterocycles. The van der Waals surface area contributed by atoms with Crippen LogP contribution in [0.2, 0.25) is 0 Å². The van der Waals surface area contributed by atoms with Crippen molar-refractivity contribution in [2.45, 2.75) is 45.6 Å². The predicted molar refractivity (Wildman–Crippen MR) is 49.8 cm³/mol. The summed E-state index contributed by atoms with van der Waals surface area (Å²) in [5, 5.41) is 3.04. The molecule has 0 saturated heterocycles. The Kier molecular flexibility index (Phi) is 6.13. The summed E-state index contributed by atoms with van der Waals surface area (Å²) in [5.74, 6) is 0.334. The van der Waals surface area contributed by atoms with E-state index in [1.807, 2.05) is 14.0 Å². The SMILES string of the molecule is CCCC[C@@H](NC)C(=O)CC.[HH]. The van der Waals surface area contributed by atoms with Crippen LogP contribution in [0.25, 0.3) is 0 Å². The van der Waals surface area contributed by atoms with Gasteiger partial charge in [0.1, 0.15) is 5.78 Å². The Morgan fingerprint density at radius 2 is 2.18 bits per heavy atom. The van der Waals surface area contributed by atoms with Crippen molar-refractivity contribution >= 4 is 5.78 Å². The third-order valence-corrected chi connectivity index (χ3v) is 1.93. The summed E-state index contributed by atoms with van der Waals surface area (Å²) in [4.78, 5) is 11.2. The van der Waals surface area contributed by atoms with Gasteiger partial charge in [-0.05, 0) is 13.5 Å². The van der Waals surface area contributed by atoms with Gasteiger partial charge in [0.2, 0.25) is 0 Å². The average molecular weight is 159 g/mol. The molecule has 0 spiro atoms. The van der Waals surface area contributed by atoms with E-state index in [4.69, 9.17) is 0 Å². The first-order valence-corrected chi connectivity index (χ1v) is 4.46. The molecule has 0 aliphatic heterocycles. The molecule has 1 N–H and O–H groups in total. The van der Waals surface area contributed by atoms with Crippen molar-refractivity contribution < 1.29 is 6.22 Å². The highest BCUT2D eigenvalue weighted by Gasteiger charge is 2.12. The first-order chi connectivity index (χ1) is 5.26. The first-order valence-electron chi connectivity index (χ1n) is 4.46. The van der Waals surface area contributed by atoms with Gasteiger partial charge in [-0.15, -0.1) is 0 Å². The lowest BCUT2D eigenvalue weighted by atomic mass is 10.0. The number of carbonyl (C=O) groups excluding carboxylic acids is 1. The van der Waals surface area contributed by atoms with Crippen LogP contribution in [0.1, 0.15) is 41.0 Å². The summed E-state index contributed by atoms with van der Waals surface area (Å²) in [6, 6.07) is 0.0972. The number of likely N-dealkylation sites (N-methyl/N-ethyl adjacent to an activating group) is 1. The average Bonchev–Trinajstić information content (AvgIpc) is 2.05. The minimum absolute atomic E-state index is 0. The van der Waals surface area contributed by atoms with Gasteiger partial charge in [0.05, 0.1) is 6.04 Å². The van der Waals surface area contributed by atoms with Crippen molar-refractivity contribution in [1.29, 1.82) is 0 Å². The molecule has 0 aliphatic rings. The molecule has 68 valence electrons. The van der Waals surface area contributed by atoms with Gasteiger partial charge in [-0.2, -0.15) is 0 Å². The van der Waals surface area contributed by atoms with Crippen LogP contribution in [0.4, 0.5) is 0 Å². The van der Waals surface area contributed by atoms with Crippen molar-refractivity contribution in [2.24, 2.45) is 0 Å². The Labute approximate surface area is 70.9 Å². The van der Waals surface area contributed by atoms with Gasteiger partial charge in [0.25, 0.3) is 0 Å². The second-order valence-electron chi connectivity index (χ2n) is 2.80. The molecule has 1 atom stereocenters. The van der Waals surface area contributed by atoms with Crippen molar-refractivity contribution in [1.82, 2.24) is 5.32 Å². The lowest BCUT2D eigenvalue weighted by molar-refractivity contribution is -0.120. The molecule has 0 fully saturated rings. The zero-order valence-electron chi connectivity index (χ0n) is 7.81. The van der Waals surface area contributed by atoms with E-state index in [-0.39, 0.29) is 7.47 Å². The fraction of sp³-hybridized carbons (Fsp3) is 0.889. The summed E-state index contributed by atoms with van der Waals surface area (Å²) >= 11 is 0. The predicted octanol–water partition coefficient (Wildman–Crippen LogP) is 1.99. The van der Waals surface area contributed by atoms with Crippen LogP contribution in [0, 0.1) is 0 Å². The zero-order chi connectivity index (χ0) is 8.69. The van der Waals surface area contributed by atoms with E-state index >= 15 is 0 Å². The number of Topliss-reactive ketones (excluding diaryl/α,β-unsaturated/α-hetero) is 1. The molecule has 0 aromatic rings. The third-order valence-electron chi connectivity index (χ3n) is 1.93. The van der Waals surface area contributed by atoms with Crippen LogP contribution in [-0.4, -0.2) is 18.9 Å². The summed E-state index contributed by atoms with van der Waals surface area (Å²) in [5.41, 5.74) is 0. The Bertz CT molecular complexity index is 117. The summed E-state index contributed by atoms with van der Waals surface area (Å²) in [6.07, 6.45) is 3.93. The van der Waals surface area contributed by atoms with E-state index in [2.05, 4.69) is 12.2 Å². The van der Waals surface area contributed by atoms with E-state index in [1.165, 1.54) is 0 Å². The summed E-state index contributed by atoms with van der Waals surface area (Å²) in [7, 11) is 1.86. The maximum absolute atomic E-state index is 11.2. The van der Waals surface area contributed by atoms with Crippen molar-refractivity contribution in [2.75, 3.05) is 7.05 Å². The molecular weight excluding hydrogens is 138 g/mol. The molecule has 0 radical (unpaired) electrons. The topological polar surface area (TPSA) is 29.1 Å². The largest absolute Gasteiger partial charge is 0.311 e. The van der Waals surface area contributed by atoms with Gasteiger partial charge in [0, 0.05) is 7.85 Å². The highest BCUT2D eigenvalue weighted by atomic mass is 16.1. The van der Waals surface area contributed by atoms with Crippen LogP contribution in [0.5, 0.6) is 0 Å². The molecule has 0 saturated carbocycles. The molecule has 0 unspecified atom stereocenters. The monoisotopic (exact) mass is 159 g/mol. The minimum atomic E-state index is 0. The van der Waals surface area contributed by atoms with Gasteiger partial charge in [-0.25, -0.2) is 0 Å². The normalized spacial score (nSPS) is 13.0. The quantitative estimate of drug-likeness (QED) is 0.642. The molecule has 11 heavy (non-hydrogen) atoms. The number of hydrogen-bond acceptors (Lipinski definition) is 2. The van der Waals surface area contributed by atoms with Crippen molar-refractivity contribution in [3.8, 4) is 0 Å². The van der Waals surface area contributed by atoms with Gasteiger partial charge in [0.15, 0.2) is 0 Å². The Hall–Kier alpha value is -0.370. The maximum atomic E-state index is 11.2. The van der Waals surface area contributed by atoms with Gasteiger partial charge >= 0.3 is 0 Å². The molecule has 0 aliphatic carbocycles. The second-order valence-corrected chi connectivity index (χ2v) is 2.80. The lowest BCUT2D eigenvalue weighted by Gasteiger charge is -2.12. The highest BCUT2D eigenvalue weighted by molar-refractivity contribution is 5.83. The molecular formula is C9H21NO. The highest BCUT2D eigenvalue weighted by Crippen LogP contribution is 2.02. The third kappa shape index (κ3) is 4.14. The van der Waals surface area contributed by atoms with Crippen molar-refractivity contribution in [3.63, 3.8) is 0 Å². The van der Waals surface area contributed by atoms with E-state index in [9.17, 15) is 4.79 Å². The summed E-state index contributed by atoms with van der Waals surface area (Å²) in [6.45, 7) is 4.06. The zero-order valence-corrected chi connectivity index (χ0v) is 7.81. The number of ketones is 1. The van der Waals surface area contributed by atoms with E-state index in [0.29, 0.717) is 12.2 Å². The van der Waals surface area contributed by atoms with Gasteiger partial charge in [-0.1, -0.05) is 26.7 Å². The fourth-order valence-corrected chi connectivity index (χ4v) is 1.12. The maximum Gasteiger partial charge on any atom is 0.149 e. The van der Waals surface area contributed by atoms with Crippen LogP contribution < -0.4 is 5.32 Å². The Morgan fingerprint density at radius 1 is 1.55 bits per heavy atom. The number of hydrogen-bond donors (Lipinski definition) is 1. The number of unbranched alkanes of at least 4 members (excludes halogenated alkanes) is 1. The molecule has 0 rings (SSSR count). The molecule has 0 heterocycles. The van der Waals surface area contributed by atoms with E-state index < -0.39 is 0 Å².